The Bertz CT molecular complexity index is 425. The molecule has 18 heavy (non-hydrogen) atoms. The quantitative estimate of drug-likeness (QED) is 0.785. The van der Waals surface area contributed by atoms with Crippen LogP contribution < -0.4 is 0 Å². The Balaban J connectivity index is 2.10. The van der Waals surface area contributed by atoms with Gasteiger partial charge in [0.15, 0.2) is 5.38 Å². The number of amides is 1. The van der Waals surface area contributed by atoms with Crippen molar-refractivity contribution >= 4 is 29.1 Å². The van der Waals surface area contributed by atoms with Crippen molar-refractivity contribution in [2.75, 3.05) is 13.1 Å². The number of hydrogen-bond donors (Lipinski definition) is 0. The summed E-state index contributed by atoms with van der Waals surface area (Å²) in [4.78, 5) is 18.3. The number of imidazole rings is 1. The highest BCUT2D eigenvalue weighted by Gasteiger charge is 2.27. The molecule has 0 aliphatic carbocycles. The van der Waals surface area contributed by atoms with Gasteiger partial charge in [-0.1, -0.05) is 24.4 Å². The first kappa shape index (κ1) is 13.7. The Kier molecular flexibility index (Phi) is 4.51. The Morgan fingerprint density at radius 1 is 1.33 bits per heavy atom. The van der Waals surface area contributed by atoms with E-state index in [1.165, 1.54) is 19.0 Å². The molecule has 1 atom stereocenters. The normalized spacial score (nSPS) is 18.5. The highest BCUT2D eigenvalue weighted by molar-refractivity contribution is 6.31. The first-order chi connectivity index (χ1) is 8.61. The van der Waals surface area contributed by atoms with Crippen LogP contribution in [0.3, 0.4) is 0 Å². The lowest BCUT2D eigenvalue weighted by atomic mass is 10.2. The van der Waals surface area contributed by atoms with Gasteiger partial charge in [-0.05, 0) is 12.8 Å². The fraction of sp³-hybridized carbons (Fsp3) is 0.667. The summed E-state index contributed by atoms with van der Waals surface area (Å²) in [5.74, 6) is 0.444. The van der Waals surface area contributed by atoms with Gasteiger partial charge >= 0.3 is 0 Å². The molecular weight excluding hydrogens is 273 g/mol. The number of aromatic nitrogens is 2. The summed E-state index contributed by atoms with van der Waals surface area (Å²) in [7, 11) is 1.76. The number of rotatable bonds is 2. The summed E-state index contributed by atoms with van der Waals surface area (Å²) < 4.78 is 1.65. The SMILES string of the molecule is Cn1c(Cl)cnc1C(Cl)C(=O)N1CCCCCC1. The molecule has 2 rings (SSSR count). The third-order valence-corrected chi connectivity index (χ3v) is 4.06. The summed E-state index contributed by atoms with van der Waals surface area (Å²) in [5.41, 5.74) is 0. The third kappa shape index (κ3) is 2.81. The lowest BCUT2D eigenvalue weighted by Gasteiger charge is -2.22. The second-order valence-corrected chi connectivity index (χ2v) is 5.42. The van der Waals surface area contributed by atoms with Crippen LogP contribution in [0.15, 0.2) is 6.20 Å². The Morgan fingerprint density at radius 3 is 2.44 bits per heavy atom. The van der Waals surface area contributed by atoms with Gasteiger partial charge in [-0.3, -0.25) is 4.79 Å². The molecule has 4 nitrogen and oxygen atoms in total. The molecule has 1 aliphatic rings. The van der Waals surface area contributed by atoms with Gasteiger partial charge in [-0.25, -0.2) is 4.98 Å². The van der Waals surface area contributed by atoms with Crippen LogP contribution in [0.5, 0.6) is 0 Å². The zero-order valence-electron chi connectivity index (χ0n) is 10.4. The van der Waals surface area contributed by atoms with Gasteiger partial charge in [0.05, 0.1) is 6.20 Å². The van der Waals surface area contributed by atoms with Crippen molar-refractivity contribution in [3.63, 3.8) is 0 Å². The van der Waals surface area contributed by atoms with Crippen LogP contribution in [0.4, 0.5) is 0 Å². The lowest BCUT2D eigenvalue weighted by Crippen LogP contribution is -2.35. The van der Waals surface area contributed by atoms with Crippen LogP contribution in [-0.2, 0) is 11.8 Å². The van der Waals surface area contributed by atoms with Crippen molar-refractivity contribution in [3.8, 4) is 0 Å². The van der Waals surface area contributed by atoms with E-state index in [0.717, 1.165) is 25.9 Å². The molecule has 1 amide bonds. The van der Waals surface area contributed by atoms with Crippen LogP contribution in [-0.4, -0.2) is 33.4 Å². The van der Waals surface area contributed by atoms with E-state index in [0.29, 0.717) is 11.0 Å². The van der Waals surface area contributed by atoms with Crippen LogP contribution in [0.25, 0.3) is 0 Å². The first-order valence-electron chi connectivity index (χ1n) is 6.21. The minimum atomic E-state index is -0.749. The van der Waals surface area contributed by atoms with Crippen molar-refractivity contribution in [2.45, 2.75) is 31.1 Å². The van der Waals surface area contributed by atoms with Crippen LogP contribution in [0.2, 0.25) is 5.15 Å². The largest absolute Gasteiger partial charge is 0.341 e. The van der Waals surface area contributed by atoms with Gasteiger partial charge in [0.25, 0.3) is 0 Å². The van der Waals surface area contributed by atoms with Crippen molar-refractivity contribution in [1.29, 1.82) is 0 Å². The van der Waals surface area contributed by atoms with E-state index in [2.05, 4.69) is 4.98 Å². The number of halogens is 2. The molecule has 6 heteroatoms. The zero-order chi connectivity index (χ0) is 13.1. The Morgan fingerprint density at radius 2 is 1.94 bits per heavy atom. The number of likely N-dealkylation sites (tertiary alicyclic amines) is 1. The predicted molar refractivity (Wildman–Crippen MR) is 71.9 cm³/mol. The molecule has 1 aromatic rings. The lowest BCUT2D eigenvalue weighted by molar-refractivity contribution is -0.131. The molecule has 100 valence electrons. The summed E-state index contributed by atoms with van der Waals surface area (Å²) in [6.07, 6.45) is 5.99. The molecule has 0 saturated carbocycles. The van der Waals surface area contributed by atoms with Gasteiger partial charge < -0.3 is 9.47 Å². The minimum absolute atomic E-state index is 0.0658. The van der Waals surface area contributed by atoms with Gasteiger partial charge in [-0.2, -0.15) is 0 Å². The van der Waals surface area contributed by atoms with Gasteiger partial charge in [0, 0.05) is 20.1 Å². The van der Waals surface area contributed by atoms with E-state index < -0.39 is 5.38 Å². The number of nitrogens with zero attached hydrogens (tertiary/aromatic N) is 3. The molecule has 1 aliphatic heterocycles. The number of alkyl halides is 1. The van der Waals surface area contributed by atoms with E-state index in [-0.39, 0.29) is 5.91 Å². The van der Waals surface area contributed by atoms with Crippen LogP contribution >= 0.6 is 23.2 Å². The van der Waals surface area contributed by atoms with E-state index >= 15 is 0 Å². The van der Waals surface area contributed by atoms with E-state index in [4.69, 9.17) is 23.2 Å². The van der Waals surface area contributed by atoms with Gasteiger partial charge in [0.2, 0.25) is 5.91 Å². The molecule has 0 N–H and O–H groups in total. The highest BCUT2D eigenvalue weighted by Crippen LogP contribution is 2.25. The standard InChI is InChI=1S/C12H17Cl2N3O/c1-16-9(13)8-15-11(16)10(14)12(18)17-6-4-2-3-5-7-17/h8,10H,2-7H2,1H3. The maximum absolute atomic E-state index is 12.3. The average molecular weight is 290 g/mol. The maximum atomic E-state index is 12.3. The zero-order valence-corrected chi connectivity index (χ0v) is 11.9. The Hall–Kier alpha value is -0.740. The Labute approximate surface area is 117 Å². The third-order valence-electron chi connectivity index (χ3n) is 3.33. The smallest absolute Gasteiger partial charge is 0.248 e. The van der Waals surface area contributed by atoms with E-state index in [1.807, 2.05) is 4.90 Å². The average Bonchev–Trinajstić information content (AvgIpc) is 2.62. The molecule has 1 fully saturated rings. The molecule has 2 heterocycles. The summed E-state index contributed by atoms with van der Waals surface area (Å²) >= 11 is 12.1. The molecule has 0 spiro atoms. The van der Waals surface area contributed by atoms with Crippen molar-refractivity contribution < 1.29 is 4.79 Å². The van der Waals surface area contributed by atoms with Crippen molar-refractivity contribution in [1.82, 2.24) is 14.5 Å². The van der Waals surface area contributed by atoms with Crippen LogP contribution in [0, 0.1) is 0 Å². The highest BCUT2D eigenvalue weighted by atomic mass is 35.5. The molecule has 1 aromatic heterocycles. The molecule has 1 saturated heterocycles. The molecule has 1 unspecified atom stereocenters. The predicted octanol–water partition coefficient (Wildman–Crippen LogP) is 2.76. The van der Waals surface area contributed by atoms with Crippen LogP contribution in [0.1, 0.15) is 36.9 Å². The summed E-state index contributed by atoms with van der Waals surface area (Å²) in [6, 6.07) is 0. The molecule has 0 radical (unpaired) electrons. The fourth-order valence-corrected chi connectivity index (χ4v) is 2.68. The first-order valence-corrected chi connectivity index (χ1v) is 7.02. The minimum Gasteiger partial charge on any atom is -0.341 e. The van der Waals surface area contributed by atoms with E-state index in [9.17, 15) is 4.79 Å². The maximum Gasteiger partial charge on any atom is 0.248 e. The van der Waals surface area contributed by atoms with E-state index in [1.54, 1.807) is 11.6 Å². The number of hydrogen-bond acceptors (Lipinski definition) is 2. The molecular formula is C12H17Cl2N3O. The van der Waals surface area contributed by atoms with Crippen molar-refractivity contribution in [3.05, 3.63) is 17.2 Å². The fourth-order valence-electron chi connectivity index (χ4n) is 2.20. The molecule has 0 aromatic carbocycles. The summed E-state index contributed by atoms with van der Waals surface area (Å²) in [6.45, 7) is 1.58. The topological polar surface area (TPSA) is 38.1 Å². The second kappa shape index (κ2) is 5.93. The second-order valence-electron chi connectivity index (χ2n) is 4.60. The van der Waals surface area contributed by atoms with Gasteiger partial charge in [-0.15, -0.1) is 11.6 Å². The van der Waals surface area contributed by atoms with Crippen molar-refractivity contribution in [2.24, 2.45) is 7.05 Å². The number of carbonyl (C=O) groups is 1. The number of carbonyl (C=O) groups excluding carboxylic acids is 1. The van der Waals surface area contributed by atoms with Gasteiger partial charge in [0.1, 0.15) is 11.0 Å². The summed E-state index contributed by atoms with van der Waals surface area (Å²) in [5, 5.41) is -0.264. The molecule has 0 bridgehead atoms. The monoisotopic (exact) mass is 289 g/mol.